The average Bonchev–Trinajstić information content (AvgIpc) is 2.27. The molecule has 0 unspecified atom stereocenters. The van der Waals surface area contributed by atoms with Crippen molar-refractivity contribution in [2.45, 2.75) is 24.7 Å². The number of hydrogen-bond donors (Lipinski definition) is 0. The molecule has 1 aromatic carbocycles. The molecule has 0 aliphatic carbocycles. The maximum absolute atomic E-state index is 11.5. The van der Waals surface area contributed by atoms with Crippen molar-refractivity contribution in [3.8, 4) is 0 Å². The Hall–Kier alpha value is -0.350. The zero-order chi connectivity index (χ0) is 11.3. The Morgan fingerprint density at radius 2 is 1.80 bits per heavy atom. The van der Waals surface area contributed by atoms with E-state index in [0.717, 1.165) is 18.2 Å². The monoisotopic (exact) mass is 290 g/mol. The third-order valence-corrected chi connectivity index (χ3v) is 4.57. The Morgan fingerprint density at radius 3 is 2.27 bits per heavy atom. The van der Waals surface area contributed by atoms with Crippen LogP contribution in [0, 0.1) is 0 Å². The van der Waals surface area contributed by atoms with E-state index in [-0.39, 0.29) is 5.75 Å². The molecule has 1 aromatic rings. The minimum atomic E-state index is -3.04. The molecule has 0 aliphatic rings. The van der Waals surface area contributed by atoms with Gasteiger partial charge in [0, 0.05) is 5.33 Å². The van der Waals surface area contributed by atoms with Crippen LogP contribution in [0.2, 0.25) is 0 Å². The van der Waals surface area contributed by atoms with Crippen molar-refractivity contribution in [3.63, 3.8) is 0 Å². The first-order valence-corrected chi connectivity index (χ1v) is 7.75. The van der Waals surface area contributed by atoms with Gasteiger partial charge in [-0.05, 0) is 30.5 Å². The summed E-state index contributed by atoms with van der Waals surface area (Å²) in [6.45, 7) is 1.66. The van der Waals surface area contributed by atoms with Crippen LogP contribution in [-0.2, 0) is 16.3 Å². The van der Waals surface area contributed by atoms with Gasteiger partial charge in [-0.25, -0.2) is 8.42 Å². The van der Waals surface area contributed by atoms with Crippen LogP contribution >= 0.6 is 15.9 Å². The van der Waals surface area contributed by atoms with Crippen LogP contribution < -0.4 is 0 Å². The first-order valence-electron chi connectivity index (χ1n) is 4.98. The molecule has 84 valence electrons. The first kappa shape index (κ1) is 12.7. The van der Waals surface area contributed by atoms with Gasteiger partial charge >= 0.3 is 0 Å². The fourth-order valence-electron chi connectivity index (χ4n) is 1.30. The van der Waals surface area contributed by atoms with Crippen LogP contribution in [0.25, 0.3) is 0 Å². The summed E-state index contributed by atoms with van der Waals surface area (Å²) in [4.78, 5) is 0.424. The molecule has 0 amide bonds. The summed E-state index contributed by atoms with van der Waals surface area (Å²) >= 11 is 3.37. The lowest BCUT2D eigenvalue weighted by atomic mass is 10.1. The third-order valence-electron chi connectivity index (χ3n) is 2.26. The number of alkyl halides is 1. The Balaban J connectivity index is 2.81. The Bertz CT molecular complexity index is 395. The van der Waals surface area contributed by atoms with Gasteiger partial charge in [0.15, 0.2) is 9.84 Å². The smallest absolute Gasteiger partial charge is 0.178 e. The van der Waals surface area contributed by atoms with Crippen molar-refractivity contribution in [3.05, 3.63) is 29.8 Å². The molecule has 0 fully saturated rings. The maximum atomic E-state index is 11.5. The number of halogens is 1. The molecule has 1 rings (SSSR count). The lowest BCUT2D eigenvalue weighted by Gasteiger charge is -2.03. The molecule has 0 radical (unpaired) electrons. The third kappa shape index (κ3) is 3.61. The summed E-state index contributed by atoms with van der Waals surface area (Å²) in [5.74, 6) is 0.160. The topological polar surface area (TPSA) is 34.1 Å². The van der Waals surface area contributed by atoms with Crippen molar-refractivity contribution in [2.24, 2.45) is 0 Å². The highest BCUT2D eigenvalue weighted by molar-refractivity contribution is 9.09. The van der Waals surface area contributed by atoms with E-state index < -0.39 is 9.84 Å². The highest BCUT2D eigenvalue weighted by Crippen LogP contribution is 2.13. The first-order chi connectivity index (χ1) is 7.10. The number of hydrogen-bond acceptors (Lipinski definition) is 2. The zero-order valence-electron chi connectivity index (χ0n) is 8.74. The van der Waals surface area contributed by atoms with Crippen LogP contribution in [-0.4, -0.2) is 19.5 Å². The molecule has 0 aromatic heterocycles. The minimum Gasteiger partial charge on any atom is -0.224 e. The van der Waals surface area contributed by atoms with E-state index in [2.05, 4.69) is 15.9 Å². The van der Waals surface area contributed by atoms with Crippen molar-refractivity contribution >= 4 is 25.8 Å². The lowest BCUT2D eigenvalue weighted by molar-refractivity contribution is 0.597. The van der Waals surface area contributed by atoms with Crippen LogP contribution in [0.1, 0.15) is 18.9 Å². The minimum absolute atomic E-state index is 0.160. The number of rotatable bonds is 5. The molecule has 4 heteroatoms. The molecule has 2 nitrogen and oxygen atoms in total. The fourth-order valence-corrected chi connectivity index (χ4v) is 2.47. The molecule has 0 heterocycles. The van der Waals surface area contributed by atoms with E-state index in [9.17, 15) is 8.42 Å². The fraction of sp³-hybridized carbons (Fsp3) is 0.455. The van der Waals surface area contributed by atoms with Crippen molar-refractivity contribution in [1.82, 2.24) is 0 Å². The van der Waals surface area contributed by atoms with Gasteiger partial charge in [0.2, 0.25) is 0 Å². The summed E-state index contributed by atoms with van der Waals surface area (Å²) in [6.07, 6.45) is 2.05. The number of benzene rings is 1. The quantitative estimate of drug-likeness (QED) is 0.782. The summed E-state index contributed by atoms with van der Waals surface area (Å²) in [5.41, 5.74) is 1.18. The molecule has 0 N–H and O–H groups in total. The largest absolute Gasteiger partial charge is 0.224 e. The van der Waals surface area contributed by atoms with E-state index in [1.54, 1.807) is 19.1 Å². The standard InChI is InChI=1S/C11H15BrO2S/c1-2-15(13,14)11-7-5-10(6-8-11)4-3-9-12/h5-8H,2-4,9H2,1H3. The SMILES string of the molecule is CCS(=O)(=O)c1ccc(CCCBr)cc1. The van der Waals surface area contributed by atoms with Gasteiger partial charge in [0.1, 0.15) is 0 Å². The van der Waals surface area contributed by atoms with E-state index in [1.165, 1.54) is 5.56 Å². The van der Waals surface area contributed by atoms with Gasteiger partial charge in [-0.15, -0.1) is 0 Å². The predicted molar refractivity (Wildman–Crippen MR) is 66.3 cm³/mol. The Labute approximate surface area is 99.7 Å². The molecule has 0 aliphatic heterocycles. The van der Waals surface area contributed by atoms with Crippen molar-refractivity contribution in [1.29, 1.82) is 0 Å². The van der Waals surface area contributed by atoms with Crippen LogP contribution in [0.4, 0.5) is 0 Å². The van der Waals surface area contributed by atoms with Crippen LogP contribution in [0.3, 0.4) is 0 Å². The highest BCUT2D eigenvalue weighted by Gasteiger charge is 2.10. The maximum Gasteiger partial charge on any atom is 0.178 e. The van der Waals surface area contributed by atoms with Crippen LogP contribution in [0.15, 0.2) is 29.2 Å². The summed E-state index contributed by atoms with van der Waals surface area (Å²) in [5, 5.41) is 0.974. The van der Waals surface area contributed by atoms with Gasteiger partial charge in [0.25, 0.3) is 0 Å². The normalized spacial score (nSPS) is 11.6. The van der Waals surface area contributed by atoms with Crippen LogP contribution in [0.5, 0.6) is 0 Å². The average molecular weight is 291 g/mol. The van der Waals surface area contributed by atoms with E-state index in [1.807, 2.05) is 12.1 Å². The van der Waals surface area contributed by atoms with Gasteiger partial charge in [-0.2, -0.15) is 0 Å². The summed E-state index contributed by atoms with van der Waals surface area (Å²) in [6, 6.07) is 7.18. The van der Waals surface area contributed by atoms with Gasteiger partial charge in [-0.1, -0.05) is 35.0 Å². The molecule has 15 heavy (non-hydrogen) atoms. The second kappa shape index (κ2) is 5.66. The number of aryl methyl sites for hydroxylation is 1. The Kier molecular flexibility index (Phi) is 4.80. The van der Waals surface area contributed by atoms with Crippen molar-refractivity contribution < 1.29 is 8.42 Å². The van der Waals surface area contributed by atoms with E-state index >= 15 is 0 Å². The highest BCUT2D eigenvalue weighted by atomic mass is 79.9. The molecule has 0 spiro atoms. The molecule has 0 saturated heterocycles. The van der Waals surface area contributed by atoms with Gasteiger partial charge < -0.3 is 0 Å². The molecule has 0 bridgehead atoms. The number of sulfone groups is 1. The van der Waals surface area contributed by atoms with Crippen molar-refractivity contribution in [2.75, 3.05) is 11.1 Å². The molecular formula is C11H15BrO2S. The Morgan fingerprint density at radius 1 is 1.20 bits per heavy atom. The molecule has 0 saturated carbocycles. The van der Waals surface area contributed by atoms with E-state index in [4.69, 9.17) is 0 Å². The van der Waals surface area contributed by atoms with Gasteiger partial charge in [-0.3, -0.25) is 0 Å². The van der Waals surface area contributed by atoms with E-state index in [0.29, 0.717) is 4.90 Å². The second-order valence-corrected chi connectivity index (χ2v) is 6.41. The molecule has 0 atom stereocenters. The summed E-state index contributed by atoms with van der Waals surface area (Å²) < 4.78 is 23.0. The summed E-state index contributed by atoms with van der Waals surface area (Å²) in [7, 11) is -3.04. The zero-order valence-corrected chi connectivity index (χ0v) is 11.1. The molecular weight excluding hydrogens is 276 g/mol. The second-order valence-electron chi connectivity index (χ2n) is 3.34. The lowest BCUT2D eigenvalue weighted by Crippen LogP contribution is -2.03. The van der Waals surface area contributed by atoms with Gasteiger partial charge in [0.05, 0.1) is 10.6 Å². The predicted octanol–water partition coefficient (Wildman–Crippen LogP) is 2.81.